The number of carboxylic acid groups (broad SMARTS) is 1. The standard InChI is InChI=1S/C16H20N2O3/c1-2-14-7-4-10-18(14)16(21)17-13-6-3-5-12(11-13)8-9-15(19)20/h3,5-6,8-9,11,14H,2,4,7,10H2,1H3,(H,17,21)(H,19,20)/b9-8+. The SMILES string of the molecule is CCC1CCCN1C(=O)Nc1cccc(/C=C/C(=O)O)c1. The van der Waals surface area contributed by atoms with Gasteiger partial charge in [0.05, 0.1) is 0 Å². The highest BCUT2D eigenvalue weighted by Gasteiger charge is 2.27. The van der Waals surface area contributed by atoms with E-state index in [2.05, 4.69) is 12.2 Å². The Hall–Kier alpha value is -2.30. The molecule has 5 heteroatoms. The van der Waals surface area contributed by atoms with Gasteiger partial charge in [-0.15, -0.1) is 0 Å². The number of rotatable bonds is 4. The number of likely N-dealkylation sites (tertiary alicyclic amines) is 1. The van der Waals surface area contributed by atoms with E-state index in [-0.39, 0.29) is 6.03 Å². The lowest BCUT2D eigenvalue weighted by molar-refractivity contribution is -0.131. The Morgan fingerprint density at radius 3 is 3.00 bits per heavy atom. The summed E-state index contributed by atoms with van der Waals surface area (Å²) >= 11 is 0. The van der Waals surface area contributed by atoms with Crippen LogP contribution in [0, 0.1) is 0 Å². The minimum Gasteiger partial charge on any atom is -0.478 e. The number of nitrogens with zero attached hydrogens (tertiary/aromatic N) is 1. The number of anilines is 1. The van der Waals surface area contributed by atoms with Crippen molar-refractivity contribution in [1.29, 1.82) is 0 Å². The number of amides is 2. The highest BCUT2D eigenvalue weighted by Crippen LogP contribution is 2.21. The summed E-state index contributed by atoms with van der Waals surface area (Å²) in [5, 5.41) is 11.5. The van der Waals surface area contributed by atoms with Crippen molar-refractivity contribution in [3.05, 3.63) is 35.9 Å². The first-order valence-electron chi connectivity index (χ1n) is 7.19. The van der Waals surface area contributed by atoms with Crippen molar-refractivity contribution in [3.63, 3.8) is 0 Å². The number of hydrogen-bond acceptors (Lipinski definition) is 2. The molecule has 0 saturated carbocycles. The number of aliphatic carboxylic acids is 1. The van der Waals surface area contributed by atoms with Gasteiger partial charge >= 0.3 is 12.0 Å². The van der Waals surface area contributed by atoms with Crippen LogP contribution in [0.2, 0.25) is 0 Å². The largest absolute Gasteiger partial charge is 0.478 e. The molecule has 21 heavy (non-hydrogen) atoms. The number of hydrogen-bond donors (Lipinski definition) is 2. The number of benzene rings is 1. The highest BCUT2D eigenvalue weighted by molar-refractivity contribution is 5.90. The van der Waals surface area contributed by atoms with Crippen LogP contribution < -0.4 is 5.32 Å². The van der Waals surface area contributed by atoms with Crippen LogP contribution in [0.3, 0.4) is 0 Å². The molecule has 1 aromatic rings. The third kappa shape index (κ3) is 4.08. The normalized spacial score (nSPS) is 18.1. The van der Waals surface area contributed by atoms with Crippen LogP contribution in [0.25, 0.3) is 6.08 Å². The molecule has 5 nitrogen and oxygen atoms in total. The summed E-state index contributed by atoms with van der Waals surface area (Å²) in [5.41, 5.74) is 1.41. The summed E-state index contributed by atoms with van der Waals surface area (Å²) in [6.07, 6.45) is 5.66. The molecule has 1 saturated heterocycles. The zero-order valence-corrected chi connectivity index (χ0v) is 12.1. The Bertz CT molecular complexity index is 554. The first kappa shape index (κ1) is 15.1. The smallest absolute Gasteiger partial charge is 0.328 e. The molecule has 0 radical (unpaired) electrons. The fourth-order valence-electron chi connectivity index (χ4n) is 2.61. The number of carboxylic acids is 1. The topological polar surface area (TPSA) is 69.6 Å². The molecule has 1 aromatic carbocycles. The number of urea groups is 1. The van der Waals surface area contributed by atoms with Gasteiger partial charge < -0.3 is 15.3 Å². The van der Waals surface area contributed by atoms with Gasteiger partial charge in [0, 0.05) is 24.4 Å². The van der Waals surface area contributed by atoms with Gasteiger partial charge in [0.25, 0.3) is 0 Å². The van der Waals surface area contributed by atoms with Gasteiger partial charge in [-0.3, -0.25) is 0 Å². The van der Waals surface area contributed by atoms with E-state index in [9.17, 15) is 9.59 Å². The van der Waals surface area contributed by atoms with Crippen molar-refractivity contribution in [1.82, 2.24) is 4.90 Å². The molecule has 2 amide bonds. The highest BCUT2D eigenvalue weighted by atomic mass is 16.4. The molecule has 1 heterocycles. The minimum absolute atomic E-state index is 0.0845. The second-order valence-electron chi connectivity index (χ2n) is 5.12. The predicted octanol–water partition coefficient (Wildman–Crippen LogP) is 3.19. The quantitative estimate of drug-likeness (QED) is 0.836. The molecule has 112 valence electrons. The van der Waals surface area contributed by atoms with Crippen molar-refractivity contribution >= 4 is 23.8 Å². The zero-order chi connectivity index (χ0) is 15.2. The van der Waals surface area contributed by atoms with E-state index in [0.717, 1.165) is 37.4 Å². The Kier molecular flexibility index (Phi) is 4.98. The average molecular weight is 288 g/mol. The summed E-state index contributed by atoms with van der Waals surface area (Å²) < 4.78 is 0. The van der Waals surface area contributed by atoms with Gasteiger partial charge in [-0.05, 0) is 43.0 Å². The lowest BCUT2D eigenvalue weighted by atomic mass is 10.2. The molecule has 1 aliphatic heterocycles. The number of carbonyl (C=O) groups is 2. The maximum absolute atomic E-state index is 12.3. The van der Waals surface area contributed by atoms with Crippen LogP contribution in [0.4, 0.5) is 10.5 Å². The van der Waals surface area contributed by atoms with Gasteiger partial charge in [-0.1, -0.05) is 19.1 Å². The van der Waals surface area contributed by atoms with Crippen LogP contribution in [0.1, 0.15) is 31.7 Å². The van der Waals surface area contributed by atoms with E-state index >= 15 is 0 Å². The summed E-state index contributed by atoms with van der Waals surface area (Å²) in [6, 6.07) is 7.37. The average Bonchev–Trinajstić information content (AvgIpc) is 2.94. The molecule has 0 bridgehead atoms. The molecule has 0 spiro atoms. The van der Waals surface area contributed by atoms with E-state index in [1.807, 2.05) is 4.90 Å². The zero-order valence-electron chi connectivity index (χ0n) is 12.1. The summed E-state index contributed by atoms with van der Waals surface area (Å²) in [5.74, 6) is -0.993. The Labute approximate surface area is 124 Å². The fraction of sp³-hybridized carbons (Fsp3) is 0.375. The number of nitrogens with one attached hydrogen (secondary N) is 1. The van der Waals surface area contributed by atoms with E-state index in [1.165, 1.54) is 6.08 Å². The van der Waals surface area contributed by atoms with Crippen molar-refractivity contribution in [3.8, 4) is 0 Å². The first-order chi connectivity index (χ1) is 10.1. The minimum atomic E-state index is -0.993. The van der Waals surface area contributed by atoms with Crippen molar-refractivity contribution in [2.45, 2.75) is 32.2 Å². The lowest BCUT2D eigenvalue weighted by Gasteiger charge is -2.24. The lowest BCUT2D eigenvalue weighted by Crippen LogP contribution is -2.38. The molecule has 0 aliphatic carbocycles. The van der Waals surface area contributed by atoms with E-state index in [4.69, 9.17) is 5.11 Å². The monoisotopic (exact) mass is 288 g/mol. The second-order valence-corrected chi connectivity index (χ2v) is 5.12. The third-order valence-corrected chi connectivity index (χ3v) is 3.67. The molecule has 2 N–H and O–H groups in total. The van der Waals surface area contributed by atoms with E-state index in [0.29, 0.717) is 11.7 Å². The molecule has 1 unspecified atom stereocenters. The first-order valence-corrected chi connectivity index (χ1v) is 7.19. The molecular formula is C16H20N2O3. The second kappa shape index (κ2) is 6.92. The van der Waals surface area contributed by atoms with E-state index < -0.39 is 5.97 Å². The van der Waals surface area contributed by atoms with Crippen molar-refractivity contribution < 1.29 is 14.7 Å². The predicted molar refractivity (Wildman–Crippen MR) is 82.1 cm³/mol. The van der Waals surface area contributed by atoms with Gasteiger partial charge in [0.1, 0.15) is 0 Å². The van der Waals surface area contributed by atoms with Gasteiger partial charge in [0.2, 0.25) is 0 Å². The Balaban J connectivity index is 2.04. The van der Waals surface area contributed by atoms with Crippen LogP contribution in [-0.4, -0.2) is 34.6 Å². The van der Waals surface area contributed by atoms with Crippen LogP contribution in [0.15, 0.2) is 30.3 Å². The summed E-state index contributed by atoms with van der Waals surface area (Å²) in [6.45, 7) is 2.89. The van der Waals surface area contributed by atoms with Gasteiger partial charge in [0.15, 0.2) is 0 Å². The maximum Gasteiger partial charge on any atom is 0.328 e. The Morgan fingerprint density at radius 2 is 2.29 bits per heavy atom. The van der Waals surface area contributed by atoms with Gasteiger partial charge in [-0.2, -0.15) is 0 Å². The van der Waals surface area contributed by atoms with Crippen LogP contribution >= 0.6 is 0 Å². The summed E-state index contributed by atoms with van der Waals surface area (Å²) in [4.78, 5) is 24.7. The molecule has 1 aliphatic rings. The molecule has 1 fully saturated rings. The van der Waals surface area contributed by atoms with Gasteiger partial charge in [-0.25, -0.2) is 9.59 Å². The van der Waals surface area contributed by atoms with Crippen molar-refractivity contribution in [2.24, 2.45) is 0 Å². The third-order valence-electron chi connectivity index (χ3n) is 3.67. The molecule has 0 aromatic heterocycles. The van der Waals surface area contributed by atoms with Crippen LogP contribution in [0.5, 0.6) is 0 Å². The van der Waals surface area contributed by atoms with Crippen molar-refractivity contribution in [2.75, 3.05) is 11.9 Å². The Morgan fingerprint density at radius 1 is 1.48 bits per heavy atom. The van der Waals surface area contributed by atoms with E-state index in [1.54, 1.807) is 24.3 Å². The fourth-order valence-corrected chi connectivity index (χ4v) is 2.61. The maximum atomic E-state index is 12.3. The molecule has 1 atom stereocenters. The van der Waals surface area contributed by atoms with Crippen LogP contribution in [-0.2, 0) is 4.79 Å². The summed E-state index contributed by atoms with van der Waals surface area (Å²) in [7, 11) is 0. The number of carbonyl (C=O) groups excluding carboxylic acids is 1. The molecule has 2 rings (SSSR count). The molecular weight excluding hydrogens is 268 g/mol.